The zero-order valence-corrected chi connectivity index (χ0v) is 20.8. The number of anilines is 1. The highest BCUT2D eigenvalue weighted by Gasteiger charge is 2.40. The van der Waals surface area contributed by atoms with E-state index in [1.165, 1.54) is 15.9 Å². The molecule has 1 saturated carbocycles. The van der Waals surface area contributed by atoms with Crippen molar-refractivity contribution in [3.8, 4) is 10.4 Å². The number of esters is 1. The van der Waals surface area contributed by atoms with E-state index in [2.05, 4.69) is 4.98 Å². The first-order valence-electron chi connectivity index (χ1n) is 11.5. The van der Waals surface area contributed by atoms with Gasteiger partial charge in [-0.15, -0.1) is 11.3 Å². The number of nitrogens with two attached hydrogens (primary N) is 1. The molecule has 3 N–H and O–H groups in total. The summed E-state index contributed by atoms with van der Waals surface area (Å²) in [5.41, 5.74) is 6.38. The van der Waals surface area contributed by atoms with E-state index in [1.54, 1.807) is 31.5 Å². The first-order chi connectivity index (χ1) is 16.0. The number of fused-ring (bicyclic) bond motifs is 1. The van der Waals surface area contributed by atoms with Crippen LogP contribution in [0.4, 0.5) is 10.5 Å². The molecular formula is C25H31N3O5S. The number of nitrogen functional groups attached to an aromatic ring is 1. The first kappa shape index (κ1) is 24.2. The van der Waals surface area contributed by atoms with Crippen molar-refractivity contribution in [2.24, 2.45) is 5.92 Å². The molecule has 2 heterocycles. The van der Waals surface area contributed by atoms with Gasteiger partial charge in [0.2, 0.25) is 0 Å². The maximum atomic E-state index is 12.9. The molecule has 0 atom stereocenters. The Morgan fingerprint density at radius 2 is 2.00 bits per heavy atom. The van der Waals surface area contributed by atoms with E-state index in [0.29, 0.717) is 48.5 Å². The largest absolute Gasteiger partial charge is 0.466 e. The monoisotopic (exact) mass is 485 g/mol. The number of ether oxygens (including phenoxy) is 2. The van der Waals surface area contributed by atoms with Gasteiger partial charge in [-0.25, -0.2) is 9.78 Å². The number of rotatable bonds is 4. The second-order valence-electron chi connectivity index (χ2n) is 9.76. The first-order valence-corrected chi connectivity index (χ1v) is 12.3. The molecule has 1 aromatic carbocycles. The topological polar surface area (TPSA) is 117 Å². The van der Waals surface area contributed by atoms with Crippen LogP contribution in [0.15, 0.2) is 30.6 Å². The van der Waals surface area contributed by atoms with Crippen molar-refractivity contribution in [3.05, 3.63) is 35.6 Å². The Kier molecular flexibility index (Phi) is 6.44. The Hall–Kier alpha value is -2.91. The molecule has 1 aliphatic rings. The summed E-state index contributed by atoms with van der Waals surface area (Å²) < 4.78 is 12.2. The summed E-state index contributed by atoms with van der Waals surface area (Å²) >= 11 is 1.39. The number of carbonyl (C=O) groups is 2. The molecule has 0 saturated heterocycles. The summed E-state index contributed by atoms with van der Waals surface area (Å²) in [6, 6.07) is 5.37. The van der Waals surface area contributed by atoms with Crippen molar-refractivity contribution in [2.45, 2.75) is 64.6 Å². The van der Waals surface area contributed by atoms with Crippen LogP contribution in [0.3, 0.4) is 0 Å². The Morgan fingerprint density at radius 3 is 2.65 bits per heavy atom. The number of hydrogen-bond donors (Lipinski definition) is 2. The fourth-order valence-electron chi connectivity index (χ4n) is 4.32. The number of hydrogen-bond acceptors (Lipinski definition) is 8. The van der Waals surface area contributed by atoms with Crippen LogP contribution < -0.4 is 5.73 Å². The second kappa shape index (κ2) is 9.03. The molecule has 2 aromatic heterocycles. The van der Waals surface area contributed by atoms with Gasteiger partial charge in [0.05, 0.1) is 22.9 Å². The van der Waals surface area contributed by atoms with Crippen LogP contribution in [-0.2, 0) is 19.9 Å². The highest BCUT2D eigenvalue weighted by Crippen LogP contribution is 2.44. The Bertz CT molecular complexity index is 1220. The van der Waals surface area contributed by atoms with Crippen molar-refractivity contribution in [2.75, 3.05) is 12.3 Å². The van der Waals surface area contributed by atoms with Gasteiger partial charge >= 0.3 is 12.1 Å². The van der Waals surface area contributed by atoms with Crippen molar-refractivity contribution in [1.29, 1.82) is 0 Å². The fraction of sp³-hybridized carbons (Fsp3) is 0.480. The lowest BCUT2D eigenvalue weighted by molar-refractivity contribution is -0.151. The van der Waals surface area contributed by atoms with Crippen molar-refractivity contribution in [1.82, 2.24) is 9.55 Å². The number of aromatic nitrogens is 2. The predicted molar refractivity (Wildman–Crippen MR) is 132 cm³/mol. The van der Waals surface area contributed by atoms with Gasteiger partial charge in [-0.1, -0.05) is 0 Å². The number of nitrogens with zero attached hydrogens (tertiary/aromatic N) is 2. The van der Waals surface area contributed by atoms with Crippen LogP contribution in [-0.4, -0.2) is 38.9 Å². The number of aliphatic hydroxyl groups is 1. The van der Waals surface area contributed by atoms with E-state index in [-0.39, 0.29) is 11.9 Å². The fourth-order valence-corrected chi connectivity index (χ4v) is 5.41. The number of thiazole rings is 1. The second-order valence-corrected chi connectivity index (χ2v) is 10.8. The van der Waals surface area contributed by atoms with Crippen LogP contribution in [0, 0.1) is 5.92 Å². The molecule has 0 amide bonds. The van der Waals surface area contributed by atoms with E-state index >= 15 is 0 Å². The summed E-state index contributed by atoms with van der Waals surface area (Å²) in [5, 5.41) is 12.7. The van der Waals surface area contributed by atoms with E-state index < -0.39 is 17.3 Å². The normalized spacial score (nSPS) is 20.9. The molecule has 1 aliphatic carbocycles. The smallest absolute Gasteiger partial charge is 0.419 e. The van der Waals surface area contributed by atoms with E-state index in [4.69, 9.17) is 15.2 Å². The van der Waals surface area contributed by atoms with E-state index in [1.807, 2.05) is 26.8 Å². The minimum Gasteiger partial charge on any atom is -0.466 e. The SMILES string of the molecule is CCOC(=O)[C@H]1CC[C@](O)(c2ncc(-c3cn(C(=O)OC(C)(C)C)c4ccc(N)cc34)s2)CC1. The van der Waals surface area contributed by atoms with Crippen LogP contribution in [0.5, 0.6) is 0 Å². The third-order valence-corrected chi connectivity index (χ3v) is 7.24. The van der Waals surface area contributed by atoms with Crippen LogP contribution in [0.2, 0.25) is 0 Å². The average Bonchev–Trinajstić information content (AvgIpc) is 3.38. The van der Waals surface area contributed by atoms with Crippen LogP contribution >= 0.6 is 11.3 Å². The molecular weight excluding hydrogens is 454 g/mol. The third-order valence-electron chi connectivity index (χ3n) is 6.02. The Labute approximate surface area is 202 Å². The lowest BCUT2D eigenvalue weighted by Gasteiger charge is -2.33. The maximum Gasteiger partial charge on any atom is 0.419 e. The maximum absolute atomic E-state index is 12.9. The molecule has 3 aromatic rings. The molecule has 0 aliphatic heterocycles. The zero-order valence-electron chi connectivity index (χ0n) is 20.0. The standard InChI is InChI=1S/C25H31N3O5S/c1-5-32-21(29)15-8-10-25(31,11-9-15)22-27-13-20(34-22)18-14-28(23(30)33-24(2,3)4)19-7-6-16(26)12-17(18)19/h6-7,12-15,31H,5,8-11,26H2,1-4H3/t15-,25+. The van der Waals surface area contributed by atoms with E-state index in [0.717, 1.165) is 15.8 Å². The van der Waals surface area contributed by atoms with Gasteiger partial charge in [0.15, 0.2) is 0 Å². The minimum atomic E-state index is -1.09. The highest BCUT2D eigenvalue weighted by atomic mass is 32.1. The van der Waals surface area contributed by atoms with Gasteiger partial charge in [0.1, 0.15) is 16.2 Å². The summed E-state index contributed by atoms with van der Waals surface area (Å²) in [6.07, 6.45) is 4.96. The molecule has 1 fully saturated rings. The molecule has 0 spiro atoms. The van der Waals surface area contributed by atoms with Gasteiger partial charge in [0.25, 0.3) is 0 Å². The van der Waals surface area contributed by atoms with Crippen molar-refractivity contribution >= 4 is 40.0 Å². The van der Waals surface area contributed by atoms with Crippen molar-refractivity contribution < 1.29 is 24.2 Å². The van der Waals surface area contributed by atoms with Crippen LogP contribution in [0.25, 0.3) is 21.3 Å². The Morgan fingerprint density at radius 1 is 1.29 bits per heavy atom. The average molecular weight is 486 g/mol. The summed E-state index contributed by atoms with van der Waals surface area (Å²) in [5.74, 6) is -0.383. The van der Waals surface area contributed by atoms with Gasteiger partial charge in [-0.3, -0.25) is 9.36 Å². The minimum absolute atomic E-state index is 0.186. The lowest BCUT2D eigenvalue weighted by atomic mass is 9.79. The van der Waals surface area contributed by atoms with Crippen LogP contribution in [0.1, 0.15) is 58.4 Å². The zero-order chi connectivity index (χ0) is 24.7. The molecule has 182 valence electrons. The van der Waals surface area contributed by atoms with Crippen molar-refractivity contribution in [3.63, 3.8) is 0 Å². The predicted octanol–water partition coefficient (Wildman–Crippen LogP) is 5.07. The summed E-state index contributed by atoms with van der Waals surface area (Å²) in [7, 11) is 0. The van der Waals surface area contributed by atoms with Gasteiger partial charge in [-0.2, -0.15) is 0 Å². The quantitative estimate of drug-likeness (QED) is 0.391. The third kappa shape index (κ3) is 4.81. The highest BCUT2D eigenvalue weighted by molar-refractivity contribution is 7.15. The molecule has 0 unspecified atom stereocenters. The molecule has 4 rings (SSSR count). The lowest BCUT2D eigenvalue weighted by Crippen LogP contribution is -2.34. The van der Waals surface area contributed by atoms with Gasteiger partial charge in [0, 0.05) is 29.0 Å². The Balaban J connectivity index is 1.64. The van der Waals surface area contributed by atoms with Gasteiger partial charge < -0.3 is 20.3 Å². The van der Waals surface area contributed by atoms with Gasteiger partial charge in [-0.05, 0) is 71.6 Å². The molecule has 0 bridgehead atoms. The number of benzene rings is 1. The molecule has 34 heavy (non-hydrogen) atoms. The summed E-state index contributed by atoms with van der Waals surface area (Å²) in [6.45, 7) is 7.62. The summed E-state index contributed by atoms with van der Waals surface area (Å²) in [4.78, 5) is 30.3. The molecule has 8 nitrogen and oxygen atoms in total. The molecule has 9 heteroatoms. The molecule has 0 radical (unpaired) electrons. The number of carbonyl (C=O) groups excluding carboxylic acids is 2. The van der Waals surface area contributed by atoms with E-state index in [9.17, 15) is 14.7 Å².